The van der Waals surface area contributed by atoms with Gasteiger partial charge in [-0.05, 0) is 75.8 Å². The number of rotatable bonds is 8. The van der Waals surface area contributed by atoms with E-state index in [1.165, 1.54) is 6.08 Å². The largest absolute Gasteiger partial charge is 0.385 e. The summed E-state index contributed by atoms with van der Waals surface area (Å²) in [6.07, 6.45) is 2.09. The molecular formula is C24H31FN4O2S. The first kappa shape index (κ1) is 25.7. The van der Waals surface area contributed by atoms with Crippen molar-refractivity contribution >= 4 is 29.3 Å². The van der Waals surface area contributed by atoms with Crippen LogP contribution in [0.25, 0.3) is 22.2 Å². The Kier molecular flexibility index (Phi) is 10.1. The minimum absolute atomic E-state index is 0.0772. The smallest absolute Gasteiger partial charge is 0.168 e. The van der Waals surface area contributed by atoms with Crippen molar-refractivity contribution in [2.45, 2.75) is 25.3 Å². The Morgan fingerprint density at radius 3 is 2.62 bits per heavy atom. The number of aldehydes is 1. The van der Waals surface area contributed by atoms with Gasteiger partial charge < -0.3 is 15.0 Å². The number of hydrogen-bond donors (Lipinski definition) is 1. The zero-order chi connectivity index (χ0) is 23.7. The summed E-state index contributed by atoms with van der Waals surface area (Å²) < 4.78 is 22.7. The van der Waals surface area contributed by atoms with Gasteiger partial charge in [-0.1, -0.05) is 12.1 Å². The van der Waals surface area contributed by atoms with E-state index in [-0.39, 0.29) is 18.9 Å². The number of benzene rings is 1. The van der Waals surface area contributed by atoms with Crippen LogP contribution in [0.3, 0.4) is 0 Å². The molecule has 2 aromatic heterocycles. The number of nitrogens with two attached hydrogens (primary N) is 1. The van der Waals surface area contributed by atoms with Crippen LogP contribution >= 0.6 is 11.9 Å². The predicted molar refractivity (Wildman–Crippen MR) is 131 cm³/mol. The Hall–Kier alpha value is -2.52. The van der Waals surface area contributed by atoms with Gasteiger partial charge in [0, 0.05) is 36.4 Å². The van der Waals surface area contributed by atoms with E-state index in [1.807, 2.05) is 61.1 Å². The molecule has 2 heterocycles. The zero-order valence-corrected chi connectivity index (χ0v) is 20.1. The van der Waals surface area contributed by atoms with Crippen LogP contribution in [0.4, 0.5) is 4.39 Å². The Morgan fingerprint density at radius 1 is 1.31 bits per heavy atom. The third-order valence-corrected chi connectivity index (χ3v) is 5.49. The van der Waals surface area contributed by atoms with Crippen LogP contribution in [0.1, 0.15) is 23.1 Å². The van der Waals surface area contributed by atoms with Crippen molar-refractivity contribution in [2.24, 2.45) is 5.73 Å². The van der Waals surface area contributed by atoms with Gasteiger partial charge in [0.25, 0.3) is 0 Å². The molecule has 2 N–H and O–H groups in total. The zero-order valence-electron chi connectivity index (χ0n) is 19.3. The van der Waals surface area contributed by atoms with E-state index in [0.717, 1.165) is 40.1 Å². The first-order chi connectivity index (χ1) is 15.4. The van der Waals surface area contributed by atoms with Crippen LogP contribution in [0.5, 0.6) is 0 Å². The summed E-state index contributed by atoms with van der Waals surface area (Å²) >= 11 is 1.62. The van der Waals surface area contributed by atoms with Crippen molar-refractivity contribution in [1.29, 1.82) is 0 Å². The van der Waals surface area contributed by atoms with Gasteiger partial charge in [0.15, 0.2) is 6.29 Å². The maximum atomic E-state index is 14.2. The fraction of sp³-hybridized carbons (Fsp3) is 0.333. The number of carbonyl (C=O) groups is 1. The Bertz CT molecular complexity index is 1080. The van der Waals surface area contributed by atoms with Gasteiger partial charge in [-0.15, -0.1) is 0 Å². The highest BCUT2D eigenvalue weighted by Crippen LogP contribution is 2.36. The number of nitrogens with zero attached hydrogens (tertiary/aromatic N) is 3. The average Bonchev–Trinajstić information content (AvgIpc) is 3.04. The third-order valence-electron chi connectivity index (χ3n) is 4.66. The van der Waals surface area contributed by atoms with Crippen LogP contribution in [-0.4, -0.2) is 54.5 Å². The topological polar surface area (TPSA) is 73.4 Å². The summed E-state index contributed by atoms with van der Waals surface area (Å²) in [6.45, 7) is 4.95. The molecule has 6 nitrogen and oxygen atoms in total. The monoisotopic (exact) mass is 458 g/mol. The number of ether oxygens (including phenoxy) is 1. The number of methoxy groups -OCH3 is 1. The van der Waals surface area contributed by atoms with E-state index in [9.17, 15) is 9.18 Å². The molecule has 0 bridgehead atoms. The lowest BCUT2D eigenvalue weighted by Crippen LogP contribution is -2.03. The SMILES string of the molecule is CCOC.Cc1c(-c2cccc(SN(C)C)c2)c2nc(C=O)ccc2n1C/C(F)=C/CN. The summed E-state index contributed by atoms with van der Waals surface area (Å²) in [5, 5.41) is 0. The van der Waals surface area contributed by atoms with Crippen molar-refractivity contribution in [3.8, 4) is 11.1 Å². The fourth-order valence-corrected chi connectivity index (χ4v) is 3.97. The molecule has 0 saturated carbocycles. The van der Waals surface area contributed by atoms with Gasteiger partial charge in [0.2, 0.25) is 0 Å². The summed E-state index contributed by atoms with van der Waals surface area (Å²) in [6, 6.07) is 11.6. The van der Waals surface area contributed by atoms with Gasteiger partial charge >= 0.3 is 0 Å². The average molecular weight is 459 g/mol. The lowest BCUT2D eigenvalue weighted by Gasteiger charge is -2.10. The van der Waals surface area contributed by atoms with Gasteiger partial charge in [-0.2, -0.15) is 0 Å². The van der Waals surface area contributed by atoms with Crippen molar-refractivity contribution in [3.05, 3.63) is 59.7 Å². The van der Waals surface area contributed by atoms with E-state index >= 15 is 0 Å². The van der Waals surface area contributed by atoms with Crippen molar-refractivity contribution in [3.63, 3.8) is 0 Å². The van der Waals surface area contributed by atoms with Crippen molar-refractivity contribution in [1.82, 2.24) is 13.9 Å². The third kappa shape index (κ3) is 6.49. The first-order valence-corrected chi connectivity index (χ1v) is 11.1. The quantitative estimate of drug-likeness (QED) is 0.384. The molecular weight excluding hydrogens is 427 g/mol. The summed E-state index contributed by atoms with van der Waals surface area (Å²) in [4.78, 5) is 16.9. The normalized spacial score (nSPS) is 11.6. The van der Waals surface area contributed by atoms with E-state index in [0.29, 0.717) is 11.2 Å². The number of allylic oxidation sites excluding steroid dienone is 1. The second kappa shape index (κ2) is 12.5. The van der Waals surface area contributed by atoms with E-state index in [4.69, 9.17) is 5.73 Å². The Labute approximate surface area is 193 Å². The maximum Gasteiger partial charge on any atom is 0.168 e. The molecule has 1 aromatic carbocycles. The number of hydrogen-bond acceptors (Lipinski definition) is 6. The van der Waals surface area contributed by atoms with Crippen molar-refractivity contribution in [2.75, 3.05) is 34.4 Å². The van der Waals surface area contributed by atoms with Crippen LogP contribution < -0.4 is 5.73 Å². The molecule has 3 rings (SSSR count). The second-order valence-electron chi connectivity index (χ2n) is 7.16. The maximum absolute atomic E-state index is 14.2. The van der Waals surface area contributed by atoms with Gasteiger partial charge in [-0.3, -0.25) is 9.10 Å². The lowest BCUT2D eigenvalue weighted by molar-refractivity contribution is 0.111. The van der Waals surface area contributed by atoms with Gasteiger partial charge in [0.05, 0.1) is 17.6 Å². The molecule has 0 amide bonds. The van der Waals surface area contributed by atoms with Crippen LogP contribution in [0.15, 0.2) is 53.2 Å². The Balaban J connectivity index is 0.000000837. The molecule has 0 aliphatic heterocycles. The molecule has 0 aliphatic carbocycles. The highest BCUT2D eigenvalue weighted by atomic mass is 32.2. The molecule has 0 spiro atoms. The minimum Gasteiger partial charge on any atom is -0.385 e. The molecule has 0 aliphatic rings. The van der Waals surface area contributed by atoms with E-state index in [2.05, 4.69) is 15.8 Å². The minimum atomic E-state index is -0.301. The van der Waals surface area contributed by atoms with Crippen LogP contribution in [0, 0.1) is 6.92 Å². The Morgan fingerprint density at radius 2 is 2.03 bits per heavy atom. The number of pyridine rings is 1. The summed E-state index contributed by atoms with van der Waals surface area (Å²) in [5.74, 6) is -0.301. The standard InChI is InChI=1S/C21H23FN4OS.C3H8O/c1-14-20(15-5-4-6-18(11-15)28-25(2)3)21-19(8-7-17(13-27)24-21)26(14)12-16(22)9-10-23;1-3-4-2/h4-9,11,13H,10,12,23H2,1-3H3;3H2,1-2H3/b16-9-;. The molecule has 0 radical (unpaired) electrons. The van der Waals surface area contributed by atoms with Crippen molar-refractivity contribution < 1.29 is 13.9 Å². The van der Waals surface area contributed by atoms with Crippen LogP contribution in [0.2, 0.25) is 0 Å². The molecule has 32 heavy (non-hydrogen) atoms. The lowest BCUT2D eigenvalue weighted by atomic mass is 10.1. The molecule has 0 atom stereocenters. The molecule has 172 valence electrons. The summed E-state index contributed by atoms with van der Waals surface area (Å²) in [7, 11) is 5.65. The highest BCUT2D eigenvalue weighted by Gasteiger charge is 2.18. The van der Waals surface area contributed by atoms with Crippen LogP contribution in [-0.2, 0) is 11.3 Å². The molecule has 0 fully saturated rings. The fourth-order valence-electron chi connectivity index (χ4n) is 3.23. The van der Waals surface area contributed by atoms with E-state index < -0.39 is 0 Å². The molecule has 0 unspecified atom stereocenters. The summed E-state index contributed by atoms with van der Waals surface area (Å²) in [5.41, 5.74) is 10.0. The van der Waals surface area contributed by atoms with Gasteiger partial charge in [0.1, 0.15) is 11.5 Å². The predicted octanol–water partition coefficient (Wildman–Crippen LogP) is 4.86. The number of fused-ring (bicyclic) bond motifs is 1. The second-order valence-corrected chi connectivity index (χ2v) is 8.55. The first-order valence-electron chi connectivity index (χ1n) is 10.3. The number of halogens is 1. The molecule has 0 saturated heterocycles. The van der Waals surface area contributed by atoms with E-state index in [1.54, 1.807) is 25.1 Å². The molecule has 8 heteroatoms. The highest BCUT2D eigenvalue weighted by molar-refractivity contribution is 7.97. The number of carbonyl (C=O) groups excluding carboxylic acids is 1. The van der Waals surface area contributed by atoms with Gasteiger partial charge in [-0.25, -0.2) is 9.37 Å². The molecule has 3 aromatic rings. The number of aromatic nitrogens is 2.